The molecule has 9 rings (SSSR count). The summed E-state index contributed by atoms with van der Waals surface area (Å²) in [4.78, 5) is 14.4. The SMILES string of the molecule is [2H]c1c(-c2nc(-c3ccccc3)nc(-c3cccc(-c4cccc5oc6ccccc6c45)c3)n2)c([2H])c2c([2H])c([2H])c(-c3ccccc3)c([2H])c2c1[2H]. The third-order valence-electron chi connectivity index (χ3n) is 8.16. The lowest BCUT2D eigenvalue weighted by Crippen LogP contribution is -2.00. The number of furan rings is 1. The lowest BCUT2D eigenvalue weighted by atomic mass is 9.97. The summed E-state index contributed by atoms with van der Waals surface area (Å²) < 4.78 is 60.7. The summed E-state index contributed by atoms with van der Waals surface area (Å²) in [6.07, 6.45) is 0. The lowest BCUT2D eigenvalue weighted by molar-refractivity contribution is 0.669. The number of aromatic nitrogens is 3. The molecule has 0 atom stereocenters. The van der Waals surface area contributed by atoms with Crippen molar-refractivity contribution in [2.45, 2.75) is 0 Å². The molecule has 220 valence electrons. The van der Waals surface area contributed by atoms with E-state index in [2.05, 4.69) is 0 Å². The molecule has 0 amide bonds. The molecular formula is C43H27N3O. The van der Waals surface area contributed by atoms with Crippen LogP contribution in [0.3, 0.4) is 0 Å². The molecule has 47 heavy (non-hydrogen) atoms. The maximum absolute atomic E-state index is 9.35. The van der Waals surface area contributed by atoms with Gasteiger partial charge >= 0.3 is 0 Å². The molecule has 0 bridgehead atoms. The van der Waals surface area contributed by atoms with Crippen LogP contribution in [0.1, 0.15) is 8.22 Å². The Morgan fingerprint density at radius 3 is 1.77 bits per heavy atom. The largest absolute Gasteiger partial charge is 0.456 e. The monoisotopic (exact) mass is 607 g/mol. The van der Waals surface area contributed by atoms with Crippen molar-refractivity contribution in [2.24, 2.45) is 0 Å². The van der Waals surface area contributed by atoms with Crippen molar-refractivity contribution < 1.29 is 12.6 Å². The summed E-state index contributed by atoms with van der Waals surface area (Å²) in [6, 6.07) is 38.1. The van der Waals surface area contributed by atoms with E-state index < -0.39 is 0 Å². The first-order valence-electron chi connectivity index (χ1n) is 18.2. The van der Waals surface area contributed by atoms with Gasteiger partial charge in [0.2, 0.25) is 0 Å². The Hall–Kier alpha value is -6.39. The topological polar surface area (TPSA) is 51.8 Å². The van der Waals surface area contributed by atoms with Crippen LogP contribution >= 0.6 is 0 Å². The molecule has 0 aliphatic carbocycles. The van der Waals surface area contributed by atoms with Gasteiger partial charge in [-0.3, -0.25) is 0 Å². The van der Waals surface area contributed by atoms with Crippen molar-refractivity contribution in [1.82, 2.24) is 15.0 Å². The molecule has 4 nitrogen and oxygen atoms in total. The minimum absolute atomic E-state index is 0.0165. The zero-order valence-electron chi connectivity index (χ0n) is 30.9. The average molecular weight is 608 g/mol. The third-order valence-corrected chi connectivity index (χ3v) is 8.16. The number of hydrogen-bond acceptors (Lipinski definition) is 4. The minimum Gasteiger partial charge on any atom is -0.456 e. The first kappa shape index (κ1) is 21.4. The molecule has 0 N–H and O–H groups in total. The van der Waals surface area contributed by atoms with Crippen LogP contribution in [0.15, 0.2) is 168 Å². The second-order valence-corrected chi connectivity index (χ2v) is 11.1. The van der Waals surface area contributed by atoms with Crippen molar-refractivity contribution >= 4 is 32.7 Å². The summed E-state index contributed by atoms with van der Waals surface area (Å²) in [5.74, 6) is 0.577. The van der Waals surface area contributed by atoms with Crippen LogP contribution in [-0.4, -0.2) is 15.0 Å². The van der Waals surface area contributed by atoms with Crippen LogP contribution in [0.4, 0.5) is 0 Å². The van der Waals surface area contributed by atoms with Crippen LogP contribution in [0.25, 0.3) is 89.1 Å². The molecule has 0 unspecified atom stereocenters. The molecule has 4 heteroatoms. The fraction of sp³-hybridized carbons (Fsp3) is 0. The molecule has 0 radical (unpaired) electrons. The van der Waals surface area contributed by atoms with E-state index in [0.29, 0.717) is 28.3 Å². The zero-order valence-corrected chi connectivity index (χ0v) is 24.9. The number of fused-ring (bicyclic) bond motifs is 4. The van der Waals surface area contributed by atoms with Crippen molar-refractivity contribution in [3.05, 3.63) is 164 Å². The first-order valence-corrected chi connectivity index (χ1v) is 15.2. The summed E-state index contributed by atoms with van der Waals surface area (Å²) in [5.41, 5.74) is 5.44. The highest BCUT2D eigenvalue weighted by Gasteiger charge is 2.16. The van der Waals surface area contributed by atoms with Crippen molar-refractivity contribution in [3.63, 3.8) is 0 Å². The van der Waals surface area contributed by atoms with Crippen molar-refractivity contribution in [3.8, 4) is 56.4 Å². The van der Waals surface area contributed by atoms with Gasteiger partial charge in [-0.1, -0.05) is 133 Å². The van der Waals surface area contributed by atoms with E-state index in [0.717, 1.165) is 33.1 Å². The summed E-state index contributed by atoms with van der Waals surface area (Å²) in [7, 11) is 0. The lowest BCUT2D eigenvalue weighted by Gasteiger charge is -2.11. The van der Waals surface area contributed by atoms with Crippen molar-refractivity contribution in [1.29, 1.82) is 0 Å². The fourth-order valence-electron chi connectivity index (χ4n) is 5.91. The van der Waals surface area contributed by atoms with Gasteiger partial charge in [0.15, 0.2) is 17.5 Å². The predicted octanol–water partition coefficient (Wildman–Crippen LogP) is 11.3. The third kappa shape index (κ3) is 4.93. The number of benzene rings is 7. The van der Waals surface area contributed by atoms with Gasteiger partial charge in [0, 0.05) is 27.5 Å². The number of rotatable bonds is 5. The molecule has 7 aromatic carbocycles. The second-order valence-electron chi connectivity index (χ2n) is 11.1. The van der Waals surface area contributed by atoms with Crippen LogP contribution in [0, 0.1) is 0 Å². The Morgan fingerprint density at radius 2 is 0.979 bits per heavy atom. The highest BCUT2D eigenvalue weighted by Crippen LogP contribution is 2.38. The Labute approximate surface area is 280 Å². The van der Waals surface area contributed by atoms with E-state index in [9.17, 15) is 1.37 Å². The van der Waals surface area contributed by atoms with E-state index in [1.165, 1.54) is 0 Å². The standard InChI is InChI=1S/C43H27N3O/c1-3-11-28(12-4-1)30-21-22-32-26-35(24-23-31(32)25-30)43-45-41(29-13-5-2-6-14-29)44-42(46-43)34-16-9-15-33(27-34)36-18-10-20-39-40(36)37-17-7-8-19-38(37)47-39/h1-27H/i21D,22D,23D,24D,25D,26D. The molecule has 0 fully saturated rings. The van der Waals surface area contributed by atoms with Crippen LogP contribution in [-0.2, 0) is 0 Å². The van der Waals surface area contributed by atoms with Gasteiger partial charge in [-0.05, 0) is 63.3 Å². The molecule has 0 saturated carbocycles. The van der Waals surface area contributed by atoms with Crippen LogP contribution < -0.4 is 0 Å². The van der Waals surface area contributed by atoms with Gasteiger partial charge in [-0.25, -0.2) is 15.0 Å². The van der Waals surface area contributed by atoms with E-state index >= 15 is 0 Å². The van der Waals surface area contributed by atoms with Gasteiger partial charge in [-0.15, -0.1) is 0 Å². The van der Waals surface area contributed by atoms with E-state index in [4.69, 9.17) is 26.2 Å². The highest BCUT2D eigenvalue weighted by atomic mass is 16.3. The van der Waals surface area contributed by atoms with E-state index in [-0.39, 0.29) is 64.0 Å². The normalized spacial score (nSPS) is 13.2. The van der Waals surface area contributed by atoms with Gasteiger partial charge in [0.1, 0.15) is 11.2 Å². The van der Waals surface area contributed by atoms with Gasteiger partial charge in [-0.2, -0.15) is 0 Å². The number of hydrogen-bond donors (Lipinski definition) is 0. The Bertz CT molecular complexity index is 2910. The quantitative estimate of drug-likeness (QED) is 0.195. The second kappa shape index (κ2) is 11.2. The molecule has 2 heterocycles. The number of nitrogens with zero attached hydrogens (tertiary/aromatic N) is 3. The minimum atomic E-state index is -0.351. The molecule has 0 aliphatic heterocycles. The number of para-hydroxylation sites is 1. The zero-order chi connectivity index (χ0) is 36.4. The Kier molecular flexibility index (Phi) is 5.09. The van der Waals surface area contributed by atoms with E-state index in [1.54, 1.807) is 24.3 Å². The maximum atomic E-state index is 9.35. The summed E-state index contributed by atoms with van der Waals surface area (Å²) in [6.45, 7) is 0. The Balaban J connectivity index is 1.27. The summed E-state index contributed by atoms with van der Waals surface area (Å²) in [5, 5.41) is 1.89. The van der Waals surface area contributed by atoms with Gasteiger partial charge < -0.3 is 4.42 Å². The molecule has 9 aromatic rings. The smallest absolute Gasteiger partial charge is 0.164 e. The van der Waals surface area contributed by atoms with Gasteiger partial charge in [0.25, 0.3) is 0 Å². The van der Waals surface area contributed by atoms with Crippen LogP contribution in [0.2, 0.25) is 0 Å². The molecule has 2 aromatic heterocycles. The van der Waals surface area contributed by atoms with Crippen LogP contribution in [0.5, 0.6) is 0 Å². The first-order chi connectivity index (χ1) is 25.8. The molecular weight excluding hydrogens is 574 g/mol. The van der Waals surface area contributed by atoms with Gasteiger partial charge in [0.05, 0.1) is 8.22 Å². The fourth-order valence-corrected chi connectivity index (χ4v) is 5.91. The molecule has 0 aliphatic rings. The van der Waals surface area contributed by atoms with Crippen molar-refractivity contribution in [2.75, 3.05) is 0 Å². The maximum Gasteiger partial charge on any atom is 0.164 e. The molecule has 0 saturated heterocycles. The molecule has 0 spiro atoms. The van der Waals surface area contributed by atoms with E-state index in [1.807, 2.05) is 103 Å². The predicted molar refractivity (Wildman–Crippen MR) is 192 cm³/mol. The Morgan fingerprint density at radius 1 is 0.426 bits per heavy atom. The highest BCUT2D eigenvalue weighted by molar-refractivity contribution is 6.12. The summed E-state index contributed by atoms with van der Waals surface area (Å²) >= 11 is 0. The average Bonchev–Trinajstić information content (AvgIpc) is 3.58.